The molecule has 1 N–H and O–H groups in total. The van der Waals surface area contributed by atoms with Crippen LogP contribution in [0.5, 0.6) is 0 Å². The Hall–Kier alpha value is -0.0400. The van der Waals surface area contributed by atoms with Crippen molar-refractivity contribution in [2.24, 2.45) is 17.3 Å². The van der Waals surface area contributed by atoms with E-state index in [0.717, 1.165) is 18.4 Å². The molecule has 1 nitrogen and oxygen atoms in total. The number of hydrogen-bond donors (Lipinski definition) is 1. The fraction of sp³-hybridized carbons (Fsp3) is 1.00. The maximum absolute atomic E-state index is 3.24. The summed E-state index contributed by atoms with van der Waals surface area (Å²) >= 11 is 0. The van der Waals surface area contributed by atoms with E-state index in [4.69, 9.17) is 0 Å². The van der Waals surface area contributed by atoms with Gasteiger partial charge in [0.15, 0.2) is 0 Å². The van der Waals surface area contributed by atoms with Crippen LogP contribution in [0.4, 0.5) is 0 Å². The third-order valence-corrected chi connectivity index (χ3v) is 3.75. The summed E-state index contributed by atoms with van der Waals surface area (Å²) in [6.07, 6.45) is 2.57. The fourth-order valence-corrected chi connectivity index (χ4v) is 1.80. The molecule has 1 heteroatoms. The lowest BCUT2D eigenvalue weighted by molar-refractivity contribution is 0.149. The molecule has 0 saturated carbocycles. The van der Waals surface area contributed by atoms with Gasteiger partial charge in [0.1, 0.15) is 0 Å². The van der Waals surface area contributed by atoms with Gasteiger partial charge in [0.25, 0.3) is 0 Å². The Bertz CT molecular complexity index is 129. The fourth-order valence-electron chi connectivity index (χ4n) is 1.80. The smallest absolute Gasteiger partial charge is 0.00467 e. The molecule has 0 aliphatic rings. The summed E-state index contributed by atoms with van der Waals surface area (Å²) in [4.78, 5) is 0. The topological polar surface area (TPSA) is 12.0 Å². The van der Waals surface area contributed by atoms with Crippen LogP contribution in [-0.4, -0.2) is 13.6 Å². The van der Waals surface area contributed by atoms with Crippen LogP contribution in [0.15, 0.2) is 0 Å². The molecule has 0 radical (unpaired) electrons. The van der Waals surface area contributed by atoms with Crippen LogP contribution >= 0.6 is 0 Å². The molecule has 2 unspecified atom stereocenters. The minimum Gasteiger partial charge on any atom is -0.320 e. The summed E-state index contributed by atoms with van der Waals surface area (Å²) < 4.78 is 0. The predicted octanol–water partition coefficient (Wildman–Crippen LogP) is 3.30. The molecular weight excluding hydrogens is 158 g/mol. The summed E-state index contributed by atoms with van der Waals surface area (Å²) in [6, 6.07) is 0. The molecule has 0 amide bonds. The van der Waals surface area contributed by atoms with Gasteiger partial charge >= 0.3 is 0 Å². The van der Waals surface area contributed by atoms with Crippen LogP contribution in [0.2, 0.25) is 0 Å². The molecule has 0 saturated heterocycles. The first kappa shape index (κ1) is 13.0. The first-order chi connectivity index (χ1) is 5.95. The molecule has 0 aliphatic carbocycles. The second-order valence-electron chi connectivity index (χ2n) is 5.02. The first-order valence-electron chi connectivity index (χ1n) is 5.60. The molecule has 13 heavy (non-hydrogen) atoms. The molecule has 0 rings (SSSR count). The van der Waals surface area contributed by atoms with Crippen molar-refractivity contribution in [1.82, 2.24) is 5.32 Å². The molecule has 80 valence electrons. The molecule has 0 aliphatic heterocycles. The highest BCUT2D eigenvalue weighted by atomic mass is 14.8. The van der Waals surface area contributed by atoms with Crippen molar-refractivity contribution in [1.29, 1.82) is 0 Å². The van der Waals surface area contributed by atoms with Crippen molar-refractivity contribution in [3.63, 3.8) is 0 Å². The van der Waals surface area contributed by atoms with E-state index in [0.29, 0.717) is 5.41 Å². The van der Waals surface area contributed by atoms with Gasteiger partial charge in [0.2, 0.25) is 0 Å². The van der Waals surface area contributed by atoms with E-state index in [1.54, 1.807) is 0 Å². The summed E-state index contributed by atoms with van der Waals surface area (Å²) in [5.41, 5.74) is 0.471. The van der Waals surface area contributed by atoms with E-state index in [1.807, 2.05) is 7.05 Å². The number of hydrogen-bond acceptors (Lipinski definition) is 1. The monoisotopic (exact) mass is 185 g/mol. The van der Waals surface area contributed by atoms with Crippen molar-refractivity contribution in [2.75, 3.05) is 13.6 Å². The minimum absolute atomic E-state index is 0.471. The average molecular weight is 185 g/mol. The maximum Gasteiger partial charge on any atom is -0.00467 e. The molecule has 0 aromatic heterocycles. The van der Waals surface area contributed by atoms with Crippen molar-refractivity contribution < 1.29 is 0 Å². The lowest BCUT2D eigenvalue weighted by Gasteiger charge is -2.35. The Kier molecular flexibility index (Phi) is 5.62. The van der Waals surface area contributed by atoms with E-state index in [-0.39, 0.29) is 0 Å². The van der Waals surface area contributed by atoms with Crippen LogP contribution in [0.1, 0.15) is 47.5 Å². The normalized spacial score (nSPS) is 17.1. The van der Waals surface area contributed by atoms with Crippen LogP contribution in [0.25, 0.3) is 0 Å². The Labute approximate surface area is 84.3 Å². The van der Waals surface area contributed by atoms with Crippen LogP contribution < -0.4 is 5.32 Å². The third-order valence-electron chi connectivity index (χ3n) is 3.75. The van der Waals surface area contributed by atoms with Gasteiger partial charge < -0.3 is 5.32 Å². The SMILES string of the molecule is CCC(C)C(C)C(C)(C)CCNC. The van der Waals surface area contributed by atoms with Gasteiger partial charge in [0, 0.05) is 0 Å². The standard InChI is InChI=1S/C12H27N/c1-7-10(2)11(3)12(4,5)8-9-13-6/h10-11,13H,7-9H2,1-6H3. The first-order valence-corrected chi connectivity index (χ1v) is 5.60. The zero-order valence-electron chi connectivity index (χ0n) is 10.3. The summed E-state index contributed by atoms with van der Waals surface area (Å²) in [6.45, 7) is 13.0. The summed E-state index contributed by atoms with van der Waals surface area (Å²) in [5, 5.41) is 3.24. The lowest BCUT2D eigenvalue weighted by atomic mass is 9.71. The summed E-state index contributed by atoms with van der Waals surface area (Å²) in [7, 11) is 2.03. The Morgan fingerprint density at radius 1 is 1.23 bits per heavy atom. The third kappa shape index (κ3) is 4.12. The largest absolute Gasteiger partial charge is 0.320 e. The molecule has 0 heterocycles. The summed E-state index contributed by atoms with van der Waals surface area (Å²) in [5.74, 6) is 1.65. The Morgan fingerprint density at radius 3 is 2.15 bits per heavy atom. The van der Waals surface area contributed by atoms with Gasteiger partial charge in [-0.15, -0.1) is 0 Å². The zero-order valence-corrected chi connectivity index (χ0v) is 10.3. The van der Waals surface area contributed by atoms with Gasteiger partial charge in [-0.25, -0.2) is 0 Å². The highest BCUT2D eigenvalue weighted by Gasteiger charge is 2.28. The van der Waals surface area contributed by atoms with Crippen molar-refractivity contribution in [3.05, 3.63) is 0 Å². The van der Waals surface area contributed by atoms with Gasteiger partial charge in [-0.3, -0.25) is 0 Å². The van der Waals surface area contributed by atoms with E-state index < -0.39 is 0 Å². The molecule has 0 bridgehead atoms. The molecule has 2 atom stereocenters. The van der Waals surface area contributed by atoms with E-state index >= 15 is 0 Å². The maximum atomic E-state index is 3.24. The van der Waals surface area contributed by atoms with Gasteiger partial charge in [0.05, 0.1) is 0 Å². The van der Waals surface area contributed by atoms with Gasteiger partial charge in [-0.1, -0.05) is 41.0 Å². The van der Waals surface area contributed by atoms with Crippen LogP contribution in [-0.2, 0) is 0 Å². The Balaban J connectivity index is 4.09. The number of nitrogens with one attached hydrogen (secondary N) is 1. The van der Waals surface area contributed by atoms with Crippen LogP contribution in [0, 0.1) is 17.3 Å². The zero-order chi connectivity index (χ0) is 10.5. The van der Waals surface area contributed by atoms with E-state index in [2.05, 4.69) is 39.9 Å². The van der Waals surface area contributed by atoms with Crippen molar-refractivity contribution in [3.8, 4) is 0 Å². The van der Waals surface area contributed by atoms with Gasteiger partial charge in [-0.2, -0.15) is 0 Å². The number of rotatable bonds is 6. The molecule has 0 aromatic carbocycles. The van der Waals surface area contributed by atoms with Crippen LogP contribution in [0.3, 0.4) is 0 Å². The highest BCUT2D eigenvalue weighted by Crippen LogP contribution is 2.36. The Morgan fingerprint density at radius 2 is 1.77 bits per heavy atom. The average Bonchev–Trinajstić information content (AvgIpc) is 2.12. The second-order valence-corrected chi connectivity index (χ2v) is 5.02. The predicted molar refractivity (Wildman–Crippen MR) is 60.9 cm³/mol. The molecule has 0 aromatic rings. The molecule has 0 fully saturated rings. The van der Waals surface area contributed by atoms with E-state index in [9.17, 15) is 0 Å². The van der Waals surface area contributed by atoms with Gasteiger partial charge in [-0.05, 0) is 37.3 Å². The second kappa shape index (κ2) is 5.64. The van der Waals surface area contributed by atoms with E-state index in [1.165, 1.54) is 12.8 Å². The van der Waals surface area contributed by atoms with Crippen molar-refractivity contribution >= 4 is 0 Å². The van der Waals surface area contributed by atoms with Crippen molar-refractivity contribution in [2.45, 2.75) is 47.5 Å². The highest BCUT2D eigenvalue weighted by molar-refractivity contribution is 4.78. The quantitative estimate of drug-likeness (QED) is 0.669. The molecular formula is C12H27N. The molecule has 0 spiro atoms. The lowest BCUT2D eigenvalue weighted by Crippen LogP contribution is -2.30. The minimum atomic E-state index is 0.471.